The van der Waals surface area contributed by atoms with Gasteiger partial charge >= 0.3 is 0 Å². The van der Waals surface area contributed by atoms with Crippen molar-refractivity contribution in [3.63, 3.8) is 0 Å². The van der Waals surface area contributed by atoms with E-state index in [4.69, 9.17) is 0 Å². The molecular formula is C11H15NOS2. The number of rotatable bonds is 3. The highest BCUT2D eigenvalue weighted by Crippen LogP contribution is 2.29. The number of aryl methyl sites for hydroxylation is 1. The van der Waals surface area contributed by atoms with E-state index in [9.17, 15) is 4.79 Å². The van der Waals surface area contributed by atoms with Crippen LogP contribution in [0, 0.1) is 6.92 Å². The van der Waals surface area contributed by atoms with E-state index >= 15 is 0 Å². The zero-order valence-electron chi connectivity index (χ0n) is 9.40. The summed E-state index contributed by atoms with van der Waals surface area (Å²) in [5, 5.41) is 0.128. The summed E-state index contributed by atoms with van der Waals surface area (Å²) < 4.78 is 2.00. The molecule has 15 heavy (non-hydrogen) atoms. The molecule has 1 rings (SSSR count). The second-order valence-corrected chi connectivity index (χ2v) is 5.45. The topological polar surface area (TPSA) is 20.3 Å². The van der Waals surface area contributed by atoms with E-state index in [0.717, 1.165) is 16.0 Å². The van der Waals surface area contributed by atoms with Gasteiger partial charge in [-0.1, -0.05) is 23.9 Å². The molecule has 0 saturated carbocycles. The molecule has 0 radical (unpaired) electrons. The third kappa shape index (κ3) is 3.26. The minimum atomic E-state index is 0.128. The van der Waals surface area contributed by atoms with Gasteiger partial charge in [-0.2, -0.15) is 0 Å². The number of thioether (sulfide) groups is 1. The minimum absolute atomic E-state index is 0.128. The van der Waals surface area contributed by atoms with Crippen LogP contribution in [0.1, 0.15) is 15.9 Å². The summed E-state index contributed by atoms with van der Waals surface area (Å²) in [5.41, 5.74) is 1.95. The van der Waals surface area contributed by atoms with Gasteiger partial charge in [0.15, 0.2) is 0 Å². The smallest absolute Gasteiger partial charge is 0.220 e. The molecule has 0 heterocycles. The predicted octanol–water partition coefficient (Wildman–Crippen LogP) is 3.07. The fourth-order valence-corrected chi connectivity index (χ4v) is 2.52. The van der Waals surface area contributed by atoms with Crippen molar-refractivity contribution in [2.45, 2.75) is 11.8 Å². The second kappa shape index (κ2) is 5.58. The molecule has 0 aromatic heterocycles. The molecule has 1 aromatic carbocycles. The van der Waals surface area contributed by atoms with Crippen LogP contribution >= 0.6 is 23.7 Å². The molecule has 1 aromatic rings. The molecule has 0 atom stereocenters. The fraction of sp³-hybridized carbons (Fsp3) is 0.364. The van der Waals surface area contributed by atoms with Gasteiger partial charge in [-0.25, -0.2) is 0 Å². The molecule has 0 saturated heterocycles. The number of carbonyl (C=O) groups is 1. The highest BCUT2D eigenvalue weighted by Gasteiger charge is 2.13. The Kier molecular flexibility index (Phi) is 4.70. The average Bonchev–Trinajstić information content (AvgIpc) is 2.19. The van der Waals surface area contributed by atoms with Gasteiger partial charge in [0.1, 0.15) is 0 Å². The van der Waals surface area contributed by atoms with Crippen LogP contribution in [0.4, 0.5) is 0 Å². The van der Waals surface area contributed by atoms with E-state index in [1.807, 2.05) is 49.8 Å². The van der Waals surface area contributed by atoms with Crippen LogP contribution in [0.3, 0.4) is 0 Å². The Hall–Kier alpha value is -0.450. The van der Waals surface area contributed by atoms with Crippen molar-refractivity contribution in [1.29, 1.82) is 0 Å². The predicted molar refractivity (Wildman–Crippen MR) is 68.6 cm³/mol. The summed E-state index contributed by atoms with van der Waals surface area (Å²) in [6.07, 6.45) is 1.81. The standard InChI is InChI=1S/C11H15NOS2/c1-8-6-5-7-9(11(13)14-4)10(8)15-12(2)3/h5-7H,1-4H3. The molecule has 82 valence electrons. The number of hydrogen-bond donors (Lipinski definition) is 0. The summed E-state index contributed by atoms with van der Waals surface area (Å²) in [6.45, 7) is 2.03. The van der Waals surface area contributed by atoms with Crippen molar-refractivity contribution in [1.82, 2.24) is 4.31 Å². The van der Waals surface area contributed by atoms with E-state index in [0.29, 0.717) is 0 Å². The Morgan fingerprint density at radius 1 is 1.33 bits per heavy atom. The van der Waals surface area contributed by atoms with Crippen molar-refractivity contribution in [3.8, 4) is 0 Å². The summed E-state index contributed by atoms with van der Waals surface area (Å²) in [5.74, 6) is 0. The Morgan fingerprint density at radius 2 is 2.00 bits per heavy atom. The zero-order valence-corrected chi connectivity index (χ0v) is 11.0. The molecule has 0 aliphatic heterocycles. The monoisotopic (exact) mass is 241 g/mol. The Morgan fingerprint density at radius 3 is 2.53 bits per heavy atom. The second-order valence-electron chi connectivity index (χ2n) is 3.35. The third-order valence-corrected chi connectivity index (χ3v) is 3.57. The van der Waals surface area contributed by atoms with Crippen molar-refractivity contribution in [2.24, 2.45) is 0 Å². The van der Waals surface area contributed by atoms with E-state index < -0.39 is 0 Å². The van der Waals surface area contributed by atoms with Gasteiger partial charge in [0.2, 0.25) is 5.12 Å². The molecule has 0 aliphatic rings. The third-order valence-electron chi connectivity index (χ3n) is 1.89. The molecule has 0 fully saturated rings. The molecule has 2 nitrogen and oxygen atoms in total. The lowest BCUT2D eigenvalue weighted by Gasteiger charge is -2.14. The first-order valence-electron chi connectivity index (χ1n) is 4.59. The number of benzene rings is 1. The van der Waals surface area contributed by atoms with Gasteiger partial charge in [0.25, 0.3) is 0 Å². The maximum Gasteiger partial charge on any atom is 0.220 e. The van der Waals surface area contributed by atoms with Crippen molar-refractivity contribution >= 4 is 28.8 Å². The Labute approximate surface area is 99.6 Å². The maximum atomic E-state index is 11.7. The van der Waals surface area contributed by atoms with Crippen LogP contribution in [0.15, 0.2) is 23.1 Å². The molecule has 0 unspecified atom stereocenters. The van der Waals surface area contributed by atoms with E-state index in [1.165, 1.54) is 11.8 Å². The lowest BCUT2D eigenvalue weighted by Crippen LogP contribution is -2.04. The molecule has 0 bridgehead atoms. The summed E-state index contributed by atoms with van der Waals surface area (Å²) in [4.78, 5) is 12.8. The van der Waals surface area contributed by atoms with Crippen molar-refractivity contribution < 1.29 is 4.79 Å². The van der Waals surface area contributed by atoms with E-state index in [2.05, 4.69) is 0 Å². The first kappa shape index (κ1) is 12.6. The highest BCUT2D eigenvalue weighted by atomic mass is 32.2. The normalized spacial score (nSPS) is 10.7. The van der Waals surface area contributed by atoms with Gasteiger partial charge in [-0.3, -0.25) is 9.10 Å². The van der Waals surface area contributed by atoms with Gasteiger partial charge in [0, 0.05) is 10.5 Å². The molecule has 0 N–H and O–H groups in total. The molecule has 4 heteroatoms. The molecule has 0 spiro atoms. The summed E-state index contributed by atoms with van der Waals surface area (Å²) in [6, 6.07) is 5.85. The first-order chi connectivity index (χ1) is 7.06. The number of carbonyl (C=O) groups excluding carboxylic acids is 1. The number of hydrogen-bond acceptors (Lipinski definition) is 4. The zero-order chi connectivity index (χ0) is 11.4. The van der Waals surface area contributed by atoms with Crippen LogP contribution in [0.2, 0.25) is 0 Å². The quantitative estimate of drug-likeness (QED) is 0.758. The van der Waals surface area contributed by atoms with Crippen LogP contribution in [-0.2, 0) is 0 Å². The Bertz CT molecular complexity index is 364. The van der Waals surface area contributed by atoms with Gasteiger partial charge in [0.05, 0.1) is 0 Å². The fourth-order valence-electron chi connectivity index (χ4n) is 1.23. The molecule has 0 aliphatic carbocycles. The average molecular weight is 241 g/mol. The van der Waals surface area contributed by atoms with Crippen LogP contribution in [-0.4, -0.2) is 29.8 Å². The minimum Gasteiger partial charge on any atom is -0.282 e. The highest BCUT2D eigenvalue weighted by molar-refractivity contribution is 8.13. The van der Waals surface area contributed by atoms with Crippen molar-refractivity contribution in [3.05, 3.63) is 29.3 Å². The summed E-state index contributed by atoms with van der Waals surface area (Å²) in [7, 11) is 3.95. The Balaban J connectivity index is 3.14. The lowest BCUT2D eigenvalue weighted by molar-refractivity contribution is 0.108. The number of nitrogens with zero attached hydrogens (tertiary/aromatic N) is 1. The SMILES string of the molecule is CSC(=O)c1cccc(C)c1SN(C)C. The maximum absolute atomic E-state index is 11.7. The van der Waals surface area contributed by atoms with Gasteiger partial charge in [-0.05, 0) is 50.9 Å². The van der Waals surface area contributed by atoms with Gasteiger partial charge < -0.3 is 0 Å². The van der Waals surface area contributed by atoms with Crippen molar-refractivity contribution in [2.75, 3.05) is 20.4 Å². The van der Waals surface area contributed by atoms with Crippen LogP contribution in [0.5, 0.6) is 0 Å². The molecular weight excluding hydrogens is 226 g/mol. The largest absolute Gasteiger partial charge is 0.282 e. The lowest BCUT2D eigenvalue weighted by atomic mass is 10.1. The molecule has 0 amide bonds. The van der Waals surface area contributed by atoms with Crippen LogP contribution in [0.25, 0.3) is 0 Å². The summed E-state index contributed by atoms with van der Waals surface area (Å²) >= 11 is 2.85. The van der Waals surface area contributed by atoms with E-state index in [1.54, 1.807) is 11.9 Å². The van der Waals surface area contributed by atoms with Gasteiger partial charge in [-0.15, -0.1) is 0 Å². The van der Waals surface area contributed by atoms with E-state index in [-0.39, 0.29) is 5.12 Å². The van der Waals surface area contributed by atoms with Crippen LogP contribution < -0.4 is 0 Å². The first-order valence-corrected chi connectivity index (χ1v) is 6.59.